The number of morpholine rings is 1. The Morgan fingerprint density at radius 1 is 1.06 bits per heavy atom. The minimum Gasteiger partial charge on any atom is -0.465 e. The highest BCUT2D eigenvalue weighted by Crippen LogP contribution is 2.30. The van der Waals surface area contributed by atoms with Crippen LogP contribution in [0.15, 0.2) is 24.3 Å². The van der Waals surface area contributed by atoms with Gasteiger partial charge in [-0.05, 0) is 37.8 Å². The van der Waals surface area contributed by atoms with E-state index >= 15 is 0 Å². The zero-order chi connectivity index (χ0) is 24.8. The van der Waals surface area contributed by atoms with Gasteiger partial charge >= 0.3 is 6.09 Å². The fourth-order valence-electron chi connectivity index (χ4n) is 5.34. The van der Waals surface area contributed by atoms with E-state index in [2.05, 4.69) is 9.47 Å². The second-order valence-electron chi connectivity index (χ2n) is 9.61. The van der Waals surface area contributed by atoms with Gasteiger partial charge in [0.25, 0.3) is 0 Å². The average molecular weight is 491 g/mol. The van der Waals surface area contributed by atoms with E-state index in [1.54, 1.807) is 0 Å². The third-order valence-corrected chi connectivity index (χ3v) is 7.38. The van der Waals surface area contributed by atoms with E-state index in [1.807, 2.05) is 42.8 Å². The topological polar surface area (TPSA) is 114 Å². The molecule has 6 rings (SSSR count). The molecule has 0 atom stereocenters. The second kappa shape index (κ2) is 9.05. The number of piperidine rings is 1. The first-order valence-corrected chi connectivity index (χ1v) is 12.5. The third-order valence-electron chi connectivity index (χ3n) is 7.38. The largest absolute Gasteiger partial charge is 0.465 e. The molecular formula is C25H30N8O3. The maximum atomic E-state index is 11.3. The van der Waals surface area contributed by atoms with Crippen molar-refractivity contribution in [2.45, 2.75) is 26.2 Å². The Bertz CT molecular complexity index is 1430. The van der Waals surface area contributed by atoms with E-state index in [0.717, 1.165) is 72.0 Å². The first kappa shape index (κ1) is 22.7. The van der Waals surface area contributed by atoms with Crippen LogP contribution in [-0.4, -0.2) is 84.6 Å². The van der Waals surface area contributed by atoms with Crippen molar-refractivity contribution in [1.82, 2.24) is 34.0 Å². The smallest absolute Gasteiger partial charge is 0.407 e. The molecule has 0 radical (unpaired) electrons. The molecule has 2 saturated heterocycles. The molecule has 0 unspecified atom stereocenters. The van der Waals surface area contributed by atoms with Gasteiger partial charge in [0.15, 0.2) is 17.0 Å². The number of nitrogens with zero attached hydrogens (tertiary/aromatic N) is 8. The van der Waals surface area contributed by atoms with Gasteiger partial charge in [0, 0.05) is 39.6 Å². The van der Waals surface area contributed by atoms with Crippen LogP contribution in [0.1, 0.15) is 24.5 Å². The molecule has 0 spiro atoms. The van der Waals surface area contributed by atoms with Gasteiger partial charge in [0.1, 0.15) is 11.6 Å². The monoisotopic (exact) mass is 490 g/mol. The molecule has 11 nitrogen and oxygen atoms in total. The number of hydrogen-bond donors (Lipinski definition) is 1. The van der Waals surface area contributed by atoms with E-state index in [1.165, 1.54) is 4.90 Å². The van der Waals surface area contributed by atoms with Gasteiger partial charge in [-0.1, -0.05) is 12.1 Å². The summed E-state index contributed by atoms with van der Waals surface area (Å²) in [6, 6.07) is 8.02. The second-order valence-corrected chi connectivity index (χ2v) is 9.61. The van der Waals surface area contributed by atoms with Crippen molar-refractivity contribution < 1.29 is 14.6 Å². The lowest BCUT2D eigenvalue weighted by atomic mass is 9.93. The quantitative estimate of drug-likeness (QED) is 0.465. The summed E-state index contributed by atoms with van der Waals surface area (Å²) in [5.41, 5.74) is 3.46. The van der Waals surface area contributed by atoms with E-state index < -0.39 is 6.09 Å². The summed E-state index contributed by atoms with van der Waals surface area (Å²) in [6.45, 7) is 5.90. The van der Waals surface area contributed by atoms with E-state index in [4.69, 9.17) is 24.7 Å². The van der Waals surface area contributed by atoms with E-state index in [0.29, 0.717) is 38.2 Å². The molecule has 4 aromatic rings. The lowest BCUT2D eigenvalue weighted by Crippen LogP contribution is -2.38. The van der Waals surface area contributed by atoms with Crippen LogP contribution in [0.25, 0.3) is 28.1 Å². The lowest BCUT2D eigenvalue weighted by molar-refractivity contribution is 0.122. The molecule has 0 bridgehead atoms. The minimum absolute atomic E-state index is 0.384. The van der Waals surface area contributed by atoms with Gasteiger partial charge in [-0.3, -0.25) is 4.57 Å². The van der Waals surface area contributed by atoms with Crippen molar-refractivity contribution in [2.75, 3.05) is 44.3 Å². The number of likely N-dealkylation sites (tertiary alicyclic amines) is 1. The van der Waals surface area contributed by atoms with Crippen LogP contribution in [0.2, 0.25) is 0 Å². The number of aromatic nitrogens is 6. The Morgan fingerprint density at radius 2 is 1.81 bits per heavy atom. The Morgan fingerprint density at radius 3 is 2.56 bits per heavy atom. The van der Waals surface area contributed by atoms with Crippen LogP contribution >= 0.6 is 0 Å². The van der Waals surface area contributed by atoms with Crippen molar-refractivity contribution in [3.63, 3.8) is 0 Å². The van der Waals surface area contributed by atoms with Gasteiger partial charge < -0.3 is 24.2 Å². The van der Waals surface area contributed by atoms with E-state index in [-0.39, 0.29) is 0 Å². The number of carbonyl (C=O) groups is 1. The maximum absolute atomic E-state index is 11.3. The van der Waals surface area contributed by atoms with E-state index in [9.17, 15) is 9.90 Å². The number of amides is 1. The van der Waals surface area contributed by atoms with Gasteiger partial charge in [-0.2, -0.15) is 9.97 Å². The fourth-order valence-corrected chi connectivity index (χ4v) is 5.34. The zero-order valence-corrected chi connectivity index (χ0v) is 20.6. The molecule has 1 amide bonds. The average Bonchev–Trinajstić information content (AvgIpc) is 3.40. The minimum atomic E-state index is -0.837. The molecule has 11 heteroatoms. The summed E-state index contributed by atoms with van der Waals surface area (Å²) in [5, 5.41) is 9.27. The van der Waals surface area contributed by atoms with Crippen molar-refractivity contribution >= 4 is 34.1 Å². The van der Waals surface area contributed by atoms with Gasteiger partial charge in [-0.15, -0.1) is 0 Å². The summed E-state index contributed by atoms with van der Waals surface area (Å²) in [7, 11) is 2.01. The zero-order valence-electron chi connectivity index (χ0n) is 20.6. The number of fused-ring (bicyclic) bond motifs is 2. The predicted molar refractivity (Wildman–Crippen MR) is 135 cm³/mol. The van der Waals surface area contributed by atoms with Crippen LogP contribution in [-0.2, 0) is 18.2 Å². The predicted octanol–water partition coefficient (Wildman–Crippen LogP) is 2.78. The molecular weight excluding hydrogens is 460 g/mol. The highest BCUT2D eigenvalue weighted by atomic mass is 16.5. The summed E-state index contributed by atoms with van der Waals surface area (Å²) in [6.07, 6.45) is 1.62. The Hall–Kier alpha value is -3.73. The Balaban J connectivity index is 1.43. The van der Waals surface area contributed by atoms with Crippen LogP contribution in [0.5, 0.6) is 0 Å². The molecule has 2 fully saturated rings. The van der Waals surface area contributed by atoms with Crippen molar-refractivity contribution in [2.24, 2.45) is 13.0 Å². The van der Waals surface area contributed by atoms with Gasteiger partial charge in [-0.25, -0.2) is 14.8 Å². The Kier molecular flexibility index (Phi) is 5.71. The fraction of sp³-hybridized carbons (Fsp3) is 0.480. The maximum Gasteiger partial charge on any atom is 0.407 e. The molecule has 5 heterocycles. The number of anilines is 1. The third kappa shape index (κ3) is 3.93. The number of carboxylic acid groups (broad SMARTS) is 1. The van der Waals surface area contributed by atoms with Crippen LogP contribution < -0.4 is 4.90 Å². The molecule has 1 N–H and O–H groups in total. The summed E-state index contributed by atoms with van der Waals surface area (Å²) < 4.78 is 9.67. The highest BCUT2D eigenvalue weighted by Gasteiger charge is 2.27. The first-order chi connectivity index (χ1) is 17.5. The molecule has 0 saturated carbocycles. The number of benzene rings is 1. The number of hydrogen-bond acceptors (Lipinski definition) is 7. The molecule has 2 aliphatic rings. The first-order valence-electron chi connectivity index (χ1n) is 12.5. The number of ether oxygens (including phenoxy) is 1. The lowest BCUT2D eigenvalue weighted by Gasteiger charge is -2.29. The van der Waals surface area contributed by atoms with Crippen molar-refractivity contribution in [3.05, 3.63) is 35.9 Å². The van der Waals surface area contributed by atoms with Crippen LogP contribution in [0, 0.1) is 12.8 Å². The molecule has 2 aliphatic heterocycles. The molecule has 36 heavy (non-hydrogen) atoms. The van der Waals surface area contributed by atoms with Crippen molar-refractivity contribution in [3.8, 4) is 5.95 Å². The molecule has 188 valence electrons. The number of imidazole rings is 2. The van der Waals surface area contributed by atoms with Crippen molar-refractivity contribution in [1.29, 1.82) is 0 Å². The number of para-hydroxylation sites is 2. The van der Waals surface area contributed by atoms with Crippen LogP contribution in [0.3, 0.4) is 0 Å². The van der Waals surface area contributed by atoms with Gasteiger partial charge in [0.05, 0.1) is 24.2 Å². The summed E-state index contributed by atoms with van der Waals surface area (Å²) in [5.74, 6) is 3.57. The molecule has 0 aliphatic carbocycles. The standard InChI is InChI=1S/C25H30N8O3/c1-16-26-18-5-3-4-6-19(18)33(16)24-28-22-21(23(29-24)31-11-13-36-14-12-31)27-20(30(22)2)15-17-7-9-32(10-8-17)25(34)35/h3-6,17H,7-15H2,1-2H3,(H,34,35). The van der Waals surface area contributed by atoms with Crippen LogP contribution in [0.4, 0.5) is 10.6 Å². The normalized spacial score (nSPS) is 17.4. The molecule has 3 aromatic heterocycles. The highest BCUT2D eigenvalue weighted by molar-refractivity contribution is 5.86. The number of aryl methyl sites for hydroxylation is 2. The number of rotatable bonds is 4. The summed E-state index contributed by atoms with van der Waals surface area (Å²) >= 11 is 0. The summed E-state index contributed by atoms with van der Waals surface area (Å²) in [4.78, 5) is 34.8. The molecule has 1 aromatic carbocycles. The SMILES string of the molecule is Cc1nc2ccccc2n1-c1nc(N2CCOCC2)c2nc(CC3CCN(C(=O)O)CC3)n(C)c2n1. The Labute approximate surface area is 208 Å². The van der Waals surface area contributed by atoms with Gasteiger partial charge in [0.2, 0.25) is 5.95 Å².